The molecular formula is C42H40N2O2. The summed E-state index contributed by atoms with van der Waals surface area (Å²) in [5.74, 6) is 3.18. The van der Waals surface area contributed by atoms with Gasteiger partial charge in [-0.25, -0.2) is 0 Å². The van der Waals surface area contributed by atoms with Gasteiger partial charge in [0.25, 0.3) is 0 Å². The van der Waals surface area contributed by atoms with Gasteiger partial charge in [0, 0.05) is 22.2 Å². The SMILES string of the molecule is CC(C)(c1ccc(N)cc1)c1ccc(Oc2ccc(-c3ccc(Oc4ccc(C(C)(C)c5ccc(N)cc5)cc4)cc3)cc2)cc1. The van der Waals surface area contributed by atoms with Crippen molar-refractivity contribution in [3.05, 3.63) is 168 Å². The van der Waals surface area contributed by atoms with Crippen molar-refractivity contribution in [3.8, 4) is 34.1 Å². The Morgan fingerprint density at radius 1 is 0.326 bits per heavy atom. The highest BCUT2D eigenvalue weighted by Crippen LogP contribution is 2.36. The van der Waals surface area contributed by atoms with Crippen molar-refractivity contribution in [2.45, 2.75) is 38.5 Å². The second-order valence-corrected chi connectivity index (χ2v) is 12.8. The summed E-state index contributed by atoms with van der Waals surface area (Å²) in [6, 6.07) is 49.0. The van der Waals surface area contributed by atoms with E-state index in [1.807, 2.05) is 72.8 Å². The molecule has 0 atom stereocenters. The molecule has 6 aromatic rings. The summed E-state index contributed by atoms with van der Waals surface area (Å²) < 4.78 is 12.3. The molecule has 6 rings (SSSR count). The number of anilines is 2. The summed E-state index contributed by atoms with van der Waals surface area (Å²) in [5, 5.41) is 0. The van der Waals surface area contributed by atoms with Crippen LogP contribution in [0.25, 0.3) is 11.1 Å². The second-order valence-electron chi connectivity index (χ2n) is 12.8. The molecule has 0 fully saturated rings. The van der Waals surface area contributed by atoms with E-state index in [4.69, 9.17) is 20.9 Å². The van der Waals surface area contributed by atoms with Gasteiger partial charge in [0.1, 0.15) is 23.0 Å². The standard InChI is InChI=1S/C42H40N2O2/c1-41(2,31-9-17-35(43)18-10-31)33-13-25-39(26-14-33)45-37-21-5-29(6-22-37)30-7-23-38(24-8-30)46-40-27-15-34(16-28-40)42(3,4)32-11-19-36(44)20-12-32/h5-28H,43-44H2,1-4H3. The summed E-state index contributed by atoms with van der Waals surface area (Å²) in [6.45, 7) is 8.87. The molecule has 4 N–H and O–H groups in total. The van der Waals surface area contributed by atoms with Crippen LogP contribution in [0.2, 0.25) is 0 Å². The van der Waals surface area contributed by atoms with Crippen molar-refractivity contribution in [1.82, 2.24) is 0 Å². The first-order valence-corrected chi connectivity index (χ1v) is 15.6. The van der Waals surface area contributed by atoms with E-state index >= 15 is 0 Å². The molecule has 4 heteroatoms. The van der Waals surface area contributed by atoms with Crippen molar-refractivity contribution in [2.24, 2.45) is 0 Å². The maximum absolute atomic E-state index is 6.16. The quantitative estimate of drug-likeness (QED) is 0.161. The Balaban J connectivity index is 1.06. The molecule has 0 aliphatic rings. The van der Waals surface area contributed by atoms with Gasteiger partial charge >= 0.3 is 0 Å². The maximum atomic E-state index is 6.16. The van der Waals surface area contributed by atoms with Crippen LogP contribution in [0.15, 0.2) is 146 Å². The molecule has 4 nitrogen and oxygen atoms in total. The zero-order chi connectivity index (χ0) is 32.3. The average Bonchev–Trinajstić information content (AvgIpc) is 3.06. The second kappa shape index (κ2) is 12.5. The van der Waals surface area contributed by atoms with Crippen molar-refractivity contribution in [2.75, 3.05) is 11.5 Å². The van der Waals surface area contributed by atoms with E-state index in [1.54, 1.807) is 0 Å². The first-order valence-electron chi connectivity index (χ1n) is 15.6. The van der Waals surface area contributed by atoms with Crippen LogP contribution in [-0.4, -0.2) is 0 Å². The summed E-state index contributed by atoms with van der Waals surface area (Å²) in [6.07, 6.45) is 0. The smallest absolute Gasteiger partial charge is 0.127 e. The molecule has 6 aromatic carbocycles. The van der Waals surface area contributed by atoms with Crippen LogP contribution in [0.1, 0.15) is 49.9 Å². The van der Waals surface area contributed by atoms with E-state index in [0.717, 1.165) is 45.5 Å². The highest BCUT2D eigenvalue weighted by molar-refractivity contribution is 5.65. The van der Waals surface area contributed by atoms with Gasteiger partial charge in [-0.15, -0.1) is 0 Å². The number of hydrogen-bond donors (Lipinski definition) is 2. The molecule has 0 aliphatic heterocycles. The Kier molecular flexibility index (Phi) is 8.29. The lowest BCUT2D eigenvalue weighted by Crippen LogP contribution is -2.18. The summed E-state index contributed by atoms with van der Waals surface area (Å²) in [4.78, 5) is 0. The van der Waals surface area contributed by atoms with Crippen molar-refractivity contribution < 1.29 is 9.47 Å². The normalized spacial score (nSPS) is 11.7. The van der Waals surface area contributed by atoms with Crippen LogP contribution >= 0.6 is 0 Å². The van der Waals surface area contributed by atoms with Crippen LogP contribution in [0.4, 0.5) is 11.4 Å². The Hall–Kier alpha value is -5.48. The monoisotopic (exact) mass is 604 g/mol. The van der Waals surface area contributed by atoms with Gasteiger partial charge in [0.2, 0.25) is 0 Å². The number of nitrogens with two attached hydrogens (primary N) is 2. The molecule has 0 radical (unpaired) electrons. The van der Waals surface area contributed by atoms with E-state index in [-0.39, 0.29) is 10.8 Å². The predicted molar refractivity (Wildman–Crippen MR) is 191 cm³/mol. The Labute approximate surface area is 272 Å². The molecule has 0 saturated heterocycles. The molecule has 0 unspecified atom stereocenters. The lowest BCUT2D eigenvalue weighted by Gasteiger charge is -2.26. The van der Waals surface area contributed by atoms with E-state index < -0.39 is 0 Å². The topological polar surface area (TPSA) is 70.5 Å². The number of nitrogen functional groups attached to an aromatic ring is 2. The number of benzene rings is 6. The van der Waals surface area contributed by atoms with E-state index in [9.17, 15) is 0 Å². The van der Waals surface area contributed by atoms with E-state index in [2.05, 4.69) is 100 Å². The molecule has 0 bridgehead atoms. The highest BCUT2D eigenvalue weighted by atomic mass is 16.5. The zero-order valence-corrected chi connectivity index (χ0v) is 26.8. The lowest BCUT2D eigenvalue weighted by atomic mass is 9.78. The first-order chi connectivity index (χ1) is 22.1. The number of hydrogen-bond acceptors (Lipinski definition) is 4. The Morgan fingerprint density at radius 2 is 0.543 bits per heavy atom. The van der Waals surface area contributed by atoms with Crippen molar-refractivity contribution in [3.63, 3.8) is 0 Å². The molecule has 0 spiro atoms. The highest BCUT2D eigenvalue weighted by Gasteiger charge is 2.24. The number of rotatable bonds is 9. The average molecular weight is 605 g/mol. The van der Waals surface area contributed by atoms with Crippen LogP contribution in [-0.2, 0) is 10.8 Å². The van der Waals surface area contributed by atoms with Gasteiger partial charge in [-0.05, 0) is 106 Å². The minimum absolute atomic E-state index is 0.144. The van der Waals surface area contributed by atoms with Crippen LogP contribution in [0, 0.1) is 0 Å². The number of ether oxygens (including phenoxy) is 2. The van der Waals surface area contributed by atoms with E-state index in [0.29, 0.717) is 0 Å². The molecule has 0 amide bonds. The third-order valence-electron chi connectivity index (χ3n) is 8.93. The van der Waals surface area contributed by atoms with Crippen molar-refractivity contribution in [1.29, 1.82) is 0 Å². The molecule has 230 valence electrons. The van der Waals surface area contributed by atoms with Gasteiger partial charge in [0.05, 0.1) is 0 Å². The maximum Gasteiger partial charge on any atom is 0.127 e. The van der Waals surface area contributed by atoms with Crippen LogP contribution < -0.4 is 20.9 Å². The largest absolute Gasteiger partial charge is 0.457 e. The molecule has 0 saturated carbocycles. The minimum atomic E-state index is -0.144. The van der Waals surface area contributed by atoms with E-state index in [1.165, 1.54) is 22.3 Å². The van der Waals surface area contributed by atoms with Gasteiger partial charge in [0.15, 0.2) is 0 Å². The molecular weight excluding hydrogens is 564 g/mol. The fourth-order valence-electron chi connectivity index (χ4n) is 5.72. The van der Waals surface area contributed by atoms with Gasteiger partial charge < -0.3 is 20.9 Å². The molecule has 0 aliphatic carbocycles. The van der Waals surface area contributed by atoms with Crippen LogP contribution in [0.3, 0.4) is 0 Å². The zero-order valence-electron chi connectivity index (χ0n) is 26.8. The minimum Gasteiger partial charge on any atom is -0.457 e. The lowest BCUT2D eigenvalue weighted by molar-refractivity contribution is 0.481. The van der Waals surface area contributed by atoms with Crippen LogP contribution in [0.5, 0.6) is 23.0 Å². The third-order valence-corrected chi connectivity index (χ3v) is 8.93. The first kappa shape index (κ1) is 30.5. The molecule has 46 heavy (non-hydrogen) atoms. The Bertz CT molecular complexity index is 1740. The molecule has 0 heterocycles. The Morgan fingerprint density at radius 3 is 0.804 bits per heavy atom. The van der Waals surface area contributed by atoms with Gasteiger partial charge in [-0.3, -0.25) is 0 Å². The van der Waals surface area contributed by atoms with Gasteiger partial charge in [-0.2, -0.15) is 0 Å². The summed E-state index contributed by atoms with van der Waals surface area (Å²) >= 11 is 0. The fraction of sp³-hybridized carbons (Fsp3) is 0.143. The van der Waals surface area contributed by atoms with Crippen molar-refractivity contribution >= 4 is 11.4 Å². The predicted octanol–water partition coefficient (Wildman–Crippen LogP) is 10.8. The molecule has 0 aromatic heterocycles. The summed E-state index contributed by atoms with van der Waals surface area (Å²) in [7, 11) is 0. The fourth-order valence-corrected chi connectivity index (χ4v) is 5.72. The third kappa shape index (κ3) is 6.62. The summed E-state index contributed by atoms with van der Waals surface area (Å²) in [5.41, 5.74) is 20.1. The van der Waals surface area contributed by atoms with Gasteiger partial charge in [-0.1, -0.05) is 100 Å².